The lowest BCUT2D eigenvalue weighted by Crippen LogP contribution is -2.40. The van der Waals surface area contributed by atoms with Gasteiger partial charge in [0.1, 0.15) is 0 Å². The van der Waals surface area contributed by atoms with E-state index in [0.29, 0.717) is 32.7 Å². The van der Waals surface area contributed by atoms with Crippen molar-refractivity contribution < 1.29 is 19.8 Å². The van der Waals surface area contributed by atoms with E-state index in [4.69, 9.17) is 10.2 Å². The van der Waals surface area contributed by atoms with Crippen molar-refractivity contribution in [3.63, 3.8) is 0 Å². The molecule has 0 bridgehead atoms. The van der Waals surface area contributed by atoms with E-state index in [1.165, 1.54) is 5.57 Å². The van der Waals surface area contributed by atoms with Crippen LogP contribution in [0, 0.1) is 0 Å². The normalized spacial score (nSPS) is 19.6. The van der Waals surface area contributed by atoms with Gasteiger partial charge in [0.15, 0.2) is 0 Å². The van der Waals surface area contributed by atoms with Gasteiger partial charge in [-0.3, -0.25) is 19.4 Å². The van der Waals surface area contributed by atoms with Crippen LogP contribution in [-0.2, 0) is 9.59 Å². The van der Waals surface area contributed by atoms with E-state index in [1.807, 2.05) is 9.80 Å². The fourth-order valence-corrected chi connectivity index (χ4v) is 3.20. The molecule has 8 heteroatoms. The number of isothiocyanates is 1. The second kappa shape index (κ2) is 13.6. The summed E-state index contributed by atoms with van der Waals surface area (Å²) < 4.78 is 0. The molecular weight excluding hydrogens is 354 g/mol. The van der Waals surface area contributed by atoms with Crippen LogP contribution in [0.2, 0.25) is 0 Å². The van der Waals surface area contributed by atoms with Gasteiger partial charge >= 0.3 is 11.9 Å². The molecule has 1 heterocycles. The van der Waals surface area contributed by atoms with Gasteiger partial charge in [-0.05, 0) is 57.3 Å². The maximum atomic E-state index is 11.1. The summed E-state index contributed by atoms with van der Waals surface area (Å²) in [4.78, 5) is 29.8. The van der Waals surface area contributed by atoms with E-state index in [0.717, 1.165) is 38.5 Å². The summed E-state index contributed by atoms with van der Waals surface area (Å²) in [6.45, 7) is 3.21. The molecule has 146 valence electrons. The zero-order valence-electron chi connectivity index (χ0n) is 15.2. The van der Waals surface area contributed by atoms with E-state index in [1.54, 1.807) is 0 Å². The number of rotatable bonds is 9. The number of hydrogen-bond acceptors (Lipinski definition) is 6. The summed E-state index contributed by atoms with van der Waals surface area (Å²) in [6.07, 6.45) is 7.90. The van der Waals surface area contributed by atoms with Crippen molar-refractivity contribution in [3.05, 3.63) is 11.6 Å². The SMILES string of the molecule is O=C(O)CN1CC/C=C(\CCCCN=C=S)CCCN(CC(=O)O)CC1. The average molecular weight is 384 g/mol. The third-order valence-electron chi connectivity index (χ3n) is 4.38. The first kappa shape index (κ1) is 22.4. The Morgan fingerprint density at radius 2 is 1.73 bits per heavy atom. The molecule has 0 aromatic heterocycles. The second-order valence-corrected chi connectivity index (χ2v) is 6.71. The molecule has 2 N–H and O–H groups in total. The molecule has 0 aromatic rings. The first-order chi connectivity index (χ1) is 12.5. The van der Waals surface area contributed by atoms with E-state index < -0.39 is 11.9 Å². The van der Waals surface area contributed by atoms with Crippen LogP contribution in [-0.4, -0.2) is 82.9 Å². The Morgan fingerprint density at radius 1 is 1.08 bits per heavy atom. The molecule has 1 aliphatic heterocycles. The molecule has 0 aromatic carbocycles. The number of carboxylic acid groups (broad SMARTS) is 2. The first-order valence-electron chi connectivity index (χ1n) is 9.11. The fraction of sp³-hybridized carbons (Fsp3) is 0.722. The highest BCUT2D eigenvalue weighted by Gasteiger charge is 2.15. The van der Waals surface area contributed by atoms with Crippen molar-refractivity contribution in [2.24, 2.45) is 4.99 Å². The number of aliphatic imine (C=N–C) groups is 1. The minimum Gasteiger partial charge on any atom is -0.480 e. The van der Waals surface area contributed by atoms with Gasteiger partial charge in [0.05, 0.1) is 18.3 Å². The summed E-state index contributed by atoms with van der Waals surface area (Å²) in [5, 5.41) is 20.5. The number of unbranched alkanes of at least 4 members (excludes halogenated alkanes) is 1. The molecule has 0 aliphatic carbocycles. The lowest BCUT2D eigenvalue weighted by Gasteiger charge is -2.25. The largest absolute Gasteiger partial charge is 0.480 e. The molecule has 1 rings (SSSR count). The maximum absolute atomic E-state index is 11.1. The predicted molar refractivity (Wildman–Crippen MR) is 104 cm³/mol. The van der Waals surface area contributed by atoms with Crippen LogP contribution in [0.15, 0.2) is 16.6 Å². The van der Waals surface area contributed by atoms with Crippen LogP contribution in [0.1, 0.15) is 38.5 Å². The lowest BCUT2D eigenvalue weighted by atomic mass is 10.0. The van der Waals surface area contributed by atoms with Gasteiger partial charge in [0, 0.05) is 26.2 Å². The molecule has 0 spiro atoms. The van der Waals surface area contributed by atoms with Gasteiger partial charge < -0.3 is 10.2 Å². The summed E-state index contributed by atoms with van der Waals surface area (Å²) in [6, 6.07) is 0. The Balaban J connectivity index is 2.65. The number of carboxylic acids is 2. The fourth-order valence-electron chi connectivity index (χ4n) is 3.10. The Hall–Kier alpha value is -1.60. The van der Waals surface area contributed by atoms with E-state index in [9.17, 15) is 9.59 Å². The monoisotopic (exact) mass is 383 g/mol. The van der Waals surface area contributed by atoms with Crippen LogP contribution in [0.3, 0.4) is 0 Å². The highest BCUT2D eigenvalue weighted by atomic mass is 32.1. The number of thiocarbonyl (C=S) groups is 1. The highest BCUT2D eigenvalue weighted by molar-refractivity contribution is 7.78. The average Bonchev–Trinajstić information content (AvgIpc) is 2.60. The number of allylic oxidation sites excluding steroid dienone is 1. The maximum Gasteiger partial charge on any atom is 0.317 e. The Labute approximate surface area is 160 Å². The van der Waals surface area contributed by atoms with Crippen molar-refractivity contribution in [3.8, 4) is 0 Å². The van der Waals surface area contributed by atoms with Crippen molar-refractivity contribution in [2.75, 3.05) is 45.8 Å². The van der Waals surface area contributed by atoms with E-state index in [2.05, 4.69) is 28.4 Å². The molecule has 0 unspecified atom stereocenters. The number of aliphatic carboxylic acids is 2. The quantitative estimate of drug-likeness (QED) is 0.273. The molecule has 1 aliphatic rings. The third-order valence-corrected chi connectivity index (χ3v) is 4.51. The molecule has 7 nitrogen and oxygen atoms in total. The summed E-state index contributed by atoms with van der Waals surface area (Å²) in [7, 11) is 0. The topological polar surface area (TPSA) is 93.4 Å². The molecule has 0 fully saturated rings. The molecule has 0 radical (unpaired) electrons. The second-order valence-electron chi connectivity index (χ2n) is 6.52. The zero-order chi connectivity index (χ0) is 19.2. The lowest BCUT2D eigenvalue weighted by molar-refractivity contribution is -0.140. The minimum atomic E-state index is -0.854. The third kappa shape index (κ3) is 11.1. The smallest absolute Gasteiger partial charge is 0.317 e. The zero-order valence-corrected chi connectivity index (χ0v) is 16.0. The van der Waals surface area contributed by atoms with E-state index >= 15 is 0 Å². The Morgan fingerprint density at radius 3 is 2.35 bits per heavy atom. The molecule has 0 saturated heterocycles. The van der Waals surface area contributed by atoms with Crippen molar-refractivity contribution in [1.29, 1.82) is 0 Å². The van der Waals surface area contributed by atoms with Crippen LogP contribution >= 0.6 is 12.2 Å². The van der Waals surface area contributed by atoms with E-state index in [-0.39, 0.29) is 13.1 Å². The molecule has 0 atom stereocenters. The van der Waals surface area contributed by atoms with Crippen LogP contribution < -0.4 is 0 Å². The van der Waals surface area contributed by atoms with Gasteiger partial charge in [-0.15, -0.1) is 0 Å². The van der Waals surface area contributed by atoms with Crippen molar-refractivity contribution in [1.82, 2.24) is 9.80 Å². The van der Waals surface area contributed by atoms with Gasteiger partial charge in [0.2, 0.25) is 0 Å². The number of hydrogen-bond donors (Lipinski definition) is 2. The predicted octanol–water partition coefficient (Wildman–Crippen LogP) is 2.14. The highest BCUT2D eigenvalue weighted by Crippen LogP contribution is 2.16. The molecular formula is C18H29N3O4S. The standard InChI is InChI=1S/C18H29N3O4S/c22-17(23)13-20-9-3-6-16(5-1-2-8-19-15-26)7-4-10-21(12-11-20)14-18(24)25/h6H,1-5,7-14H2,(H,22,23)(H,24,25)/b16-6+. The Kier molecular flexibility index (Phi) is 11.7. The van der Waals surface area contributed by atoms with Crippen molar-refractivity contribution in [2.45, 2.75) is 38.5 Å². The number of nitrogens with zero attached hydrogens (tertiary/aromatic N) is 3. The van der Waals surface area contributed by atoms with Gasteiger partial charge in [-0.1, -0.05) is 11.6 Å². The summed E-state index contributed by atoms with van der Waals surface area (Å²) in [5.74, 6) is -1.70. The van der Waals surface area contributed by atoms with Gasteiger partial charge in [-0.2, -0.15) is 0 Å². The van der Waals surface area contributed by atoms with Gasteiger partial charge in [0.25, 0.3) is 0 Å². The summed E-state index contributed by atoms with van der Waals surface area (Å²) >= 11 is 4.56. The van der Waals surface area contributed by atoms with Crippen LogP contribution in [0.25, 0.3) is 0 Å². The number of carbonyl (C=O) groups is 2. The Bertz CT molecular complexity index is 533. The molecule has 0 saturated carbocycles. The van der Waals surface area contributed by atoms with Crippen LogP contribution in [0.4, 0.5) is 0 Å². The first-order valence-corrected chi connectivity index (χ1v) is 9.52. The van der Waals surface area contributed by atoms with Gasteiger partial charge in [-0.25, -0.2) is 4.99 Å². The molecule has 26 heavy (non-hydrogen) atoms. The van der Waals surface area contributed by atoms with Crippen molar-refractivity contribution >= 4 is 29.3 Å². The minimum absolute atomic E-state index is 0.00442. The van der Waals surface area contributed by atoms with Crippen LogP contribution in [0.5, 0.6) is 0 Å². The summed E-state index contributed by atoms with van der Waals surface area (Å²) in [5.41, 5.74) is 1.36. The molecule has 0 amide bonds.